The molecule has 2 heterocycles. The number of pyridine rings is 1. The molecule has 0 amide bonds. The number of carbonyl (C=O) groups excluding carboxylic acids is 1. The van der Waals surface area contributed by atoms with Crippen LogP contribution in [-0.4, -0.2) is 40.8 Å². The topological polar surface area (TPSA) is 110 Å². The Kier molecular flexibility index (Phi) is 4.66. The predicted molar refractivity (Wildman–Crippen MR) is 79.0 cm³/mol. The summed E-state index contributed by atoms with van der Waals surface area (Å²) >= 11 is 0. The maximum Gasteiger partial charge on any atom is 0.338 e. The minimum Gasteiger partial charge on any atom is -0.463 e. The molecule has 1 aromatic heterocycles. The van der Waals surface area contributed by atoms with Crippen LogP contribution in [0.15, 0.2) is 34.8 Å². The zero-order valence-electron chi connectivity index (χ0n) is 12.1. The van der Waals surface area contributed by atoms with Crippen molar-refractivity contribution in [3.8, 4) is 0 Å². The second-order valence-electron chi connectivity index (χ2n) is 4.33. The number of carbonyl (C=O) groups is 1. The molecular formula is C13H15N5O4. The Morgan fingerprint density at radius 1 is 1.59 bits per heavy atom. The highest BCUT2D eigenvalue weighted by Gasteiger charge is 2.25. The van der Waals surface area contributed by atoms with E-state index in [1.807, 2.05) is 0 Å². The summed E-state index contributed by atoms with van der Waals surface area (Å²) in [7, 11) is 1.62. The van der Waals surface area contributed by atoms with Crippen molar-refractivity contribution in [2.75, 3.05) is 19.0 Å². The number of rotatable bonds is 5. The molecule has 0 unspecified atom stereocenters. The smallest absolute Gasteiger partial charge is 0.338 e. The van der Waals surface area contributed by atoms with E-state index in [1.165, 1.54) is 23.3 Å². The molecule has 0 saturated heterocycles. The summed E-state index contributed by atoms with van der Waals surface area (Å²) in [5.74, 6) is -0.155. The first-order valence-corrected chi connectivity index (χ1v) is 6.57. The van der Waals surface area contributed by atoms with Crippen LogP contribution in [0, 0.1) is 10.1 Å². The van der Waals surface area contributed by atoms with Gasteiger partial charge in [-0.05, 0) is 13.0 Å². The number of anilines is 1. The van der Waals surface area contributed by atoms with E-state index >= 15 is 0 Å². The number of hydrogen-bond acceptors (Lipinski definition) is 8. The first-order valence-electron chi connectivity index (χ1n) is 6.57. The van der Waals surface area contributed by atoms with E-state index in [4.69, 9.17) is 4.74 Å². The largest absolute Gasteiger partial charge is 0.463 e. The Morgan fingerprint density at radius 3 is 3.05 bits per heavy atom. The molecule has 0 aromatic carbocycles. The van der Waals surface area contributed by atoms with Gasteiger partial charge >= 0.3 is 11.7 Å². The van der Waals surface area contributed by atoms with E-state index in [-0.39, 0.29) is 24.5 Å². The van der Waals surface area contributed by atoms with Gasteiger partial charge in [0.1, 0.15) is 5.82 Å². The summed E-state index contributed by atoms with van der Waals surface area (Å²) in [6.45, 7) is 1.94. The summed E-state index contributed by atoms with van der Waals surface area (Å²) in [6.07, 6.45) is 3.25. The van der Waals surface area contributed by atoms with Gasteiger partial charge in [0, 0.05) is 31.9 Å². The van der Waals surface area contributed by atoms with Crippen molar-refractivity contribution in [1.82, 2.24) is 9.99 Å². The van der Waals surface area contributed by atoms with Crippen molar-refractivity contribution in [2.45, 2.75) is 13.3 Å². The Labute approximate surface area is 126 Å². The van der Waals surface area contributed by atoms with Crippen LogP contribution in [0.25, 0.3) is 0 Å². The van der Waals surface area contributed by atoms with Crippen molar-refractivity contribution >= 4 is 23.7 Å². The highest BCUT2D eigenvalue weighted by molar-refractivity contribution is 5.94. The molecule has 2 rings (SSSR count). The fourth-order valence-electron chi connectivity index (χ4n) is 1.91. The average Bonchev–Trinajstić information content (AvgIpc) is 2.49. The summed E-state index contributed by atoms with van der Waals surface area (Å²) in [5, 5.41) is 19.3. The van der Waals surface area contributed by atoms with Gasteiger partial charge in [-0.2, -0.15) is 5.10 Å². The molecule has 0 radical (unpaired) electrons. The van der Waals surface area contributed by atoms with Crippen LogP contribution in [0.3, 0.4) is 0 Å². The summed E-state index contributed by atoms with van der Waals surface area (Å²) < 4.78 is 5.00. The van der Waals surface area contributed by atoms with Gasteiger partial charge in [0.2, 0.25) is 5.82 Å². The number of nitrogens with one attached hydrogen (secondary N) is 1. The molecule has 0 spiro atoms. The van der Waals surface area contributed by atoms with E-state index in [0.29, 0.717) is 11.4 Å². The van der Waals surface area contributed by atoms with Crippen LogP contribution < -0.4 is 5.32 Å². The molecule has 0 saturated carbocycles. The lowest BCUT2D eigenvalue weighted by Crippen LogP contribution is -2.27. The van der Waals surface area contributed by atoms with Crippen LogP contribution in [0.5, 0.6) is 0 Å². The van der Waals surface area contributed by atoms with Gasteiger partial charge in [0.25, 0.3) is 0 Å². The molecule has 1 aliphatic rings. The second kappa shape index (κ2) is 6.66. The van der Waals surface area contributed by atoms with Crippen molar-refractivity contribution in [2.24, 2.45) is 5.10 Å². The van der Waals surface area contributed by atoms with Crippen LogP contribution >= 0.6 is 0 Å². The van der Waals surface area contributed by atoms with Crippen LogP contribution in [-0.2, 0) is 9.53 Å². The molecule has 22 heavy (non-hydrogen) atoms. The molecule has 9 nitrogen and oxygen atoms in total. The number of hydrogen-bond donors (Lipinski definition) is 1. The summed E-state index contributed by atoms with van der Waals surface area (Å²) in [6, 6.07) is 2.79. The molecule has 0 fully saturated rings. The fourth-order valence-corrected chi connectivity index (χ4v) is 1.91. The van der Waals surface area contributed by atoms with Crippen LogP contribution in [0.4, 0.5) is 11.5 Å². The number of esters is 1. The molecule has 1 aromatic rings. The van der Waals surface area contributed by atoms with E-state index in [2.05, 4.69) is 15.4 Å². The van der Waals surface area contributed by atoms with E-state index < -0.39 is 10.9 Å². The third kappa shape index (κ3) is 3.19. The van der Waals surface area contributed by atoms with Gasteiger partial charge in [-0.1, -0.05) is 0 Å². The van der Waals surface area contributed by atoms with Gasteiger partial charge in [-0.3, -0.25) is 15.1 Å². The Morgan fingerprint density at radius 2 is 2.36 bits per heavy atom. The van der Waals surface area contributed by atoms with Gasteiger partial charge in [0.15, 0.2) is 0 Å². The van der Waals surface area contributed by atoms with Crippen LogP contribution in [0.2, 0.25) is 0 Å². The van der Waals surface area contributed by atoms with E-state index in [1.54, 1.807) is 20.2 Å². The van der Waals surface area contributed by atoms with Crippen molar-refractivity contribution in [1.29, 1.82) is 0 Å². The molecule has 0 bridgehead atoms. The highest BCUT2D eigenvalue weighted by Crippen LogP contribution is 2.25. The SMILES string of the molecule is CCOC(=O)C1=C(Nc2ncccc2[N+](=O)[O-])N(C)N=CC1. The third-order valence-electron chi connectivity index (χ3n) is 2.90. The minimum absolute atomic E-state index is 0.0354. The first kappa shape index (κ1) is 15.4. The van der Waals surface area contributed by atoms with Crippen LogP contribution in [0.1, 0.15) is 13.3 Å². The molecule has 1 aliphatic heterocycles. The molecule has 9 heteroatoms. The lowest BCUT2D eigenvalue weighted by molar-refractivity contribution is -0.384. The average molecular weight is 305 g/mol. The zero-order chi connectivity index (χ0) is 16.1. The molecule has 0 atom stereocenters. The predicted octanol–water partition coefficient (Wildman–Crippen LogP) is 1.50. The molecule has 1 N–H and O–H groups in total. The number of ether oxygens (including phenoxy) is 1. The van der Waals surface area contributed by atoms with Crippen molar-refractivity contribution in [3.05, 3.63) is 39.8 Å². The molecule has 0 aliphatic carbocycles. The van der Waals surface area contributed by atoms with E-state index in [9.17, 15) is 14.9 Å². The maximum atomic E-state index is 12.0. The number of nitro groups is 1. The molecule has 116 valence electrons. The second-order valence-corrected chi connectivity index (χ2v) is 4.33. The van der Waals surface area contributed by atoms with E-state index in [0.717, 1.165) is 0 Å². The zero-order valence-corrected chi connectivity index (χ0v) is 12.1. The number of aromatic nitrogens is 1. The van der Waals surface area contributed by atoms with Crippen molar-refractivity contribution in [3.63, 3.8) is 0 Å². The van der Waals surface area contributed by atoms with Gasteiger partial charge in [-0.25, -0.2) is 9.78 Å². The number of nitrogens with zero attached hydrogens (tertiary/aromatic N) is 4. The Balaban J connectivity index is 2.39. The van der Waals surface area contributed by atoms with Gasteiger partial charge < -0.3 is 10.1 Å². The third-order valence-corrected chi connectivity index (χ3v) is 2.90. The summed E-state index contributed by atoms with van der Waals surface area (Å²) in [4.78, 5) is 26.4. The minimum atomic E-state index is -0.550. The lowest BCUT2D eigenvalue weighted by atomic mass is 10.1. The highest BCUT2D eigenvalue weighted by atomic mass is 16.6. The first-order chi connectivity index (χ1) is 10.5. The maximum absolute atomic E-state index is 12.0. The molecular weight excluding hydrogens is 290 g/mol. The van der Waals surface area contributed by atoms with Crippen molar-refractivity contribution < 1.29 is 14.5 Å². The summed E-state index contributed by atoms with van der Waals surface area (Å²) in [5.41, 5.74) is 0.139. The number of hydrazone groups is 1. The monoisotopic (exact) mass is 305 g/mol. The Hall–Kier alpha value is -2.97. The van der Waals surface area contributed by atoms with Gasteiger partial charge in [-0.15, -0.1) is 0 Å². The normalized spacial score (nSPS) is 14.0. The standard InChI is InChI=1S/C13H15N5O4/c1-3-22-13(19)9-6-8-15-17(2)12(9)16-11-10(18(20)21)5-4-7-14-11/h4-5,7-8H,3,6H2,1-2H3,(H,14,16). The fraction of sp³-hybridized carbons (Fsp3) is 0.308. The Bertz CT molecular complexity index is 656. The quantitative estimate of drug-likeness (QED) is 0.498. The van der Waals surface area contributed by atoms with Gasteiger partial charge in [0.05, 0.1) is 17.1 Å². The lowest BCUT2D eigenvalue weighted by Gasteiger charge is -2.24.